The van der Waals surface area contributed by atoms with Crippen molar-refractivity contribution < 1.29 is 5.11 Å². The molecule has 0 aromatic carbocycles. The molecule has 104 valence electrons. The summed E-state index contributed by atoms with van der Waals surface area (Å²) in [5, 5.41) is 12.5. The number of rotatable bonds is 4. The Hall–Kier alpha value is -1.63. The van der Waals surface area contributed by atoms with Crippen LogP contribution in [0.15, 0.2) is 0 Å². The van der Waals surface area contributed by atoms with Crippen LogP contribution in [0.5, 0.6) is 0 Å². The maximum absolute atomic E-state index is 9.33. The van der Waals surface area contributed by atoms with Crippen molar-refractivity contribution in [3.63, 3.8) is 0 Å². The lowest BCUT2D eigenvalue weighted by molar-refractivity contribution is 0.265. The van der Waals surface area contributed by atoms with Gasteiger partial charge in [0.2, 0.25) is 17.8 Å². The van der Waals surface area contributed by atoms with Gasteiger partial charge in [0, 0.05) is 13.1 Å². The van der Waals surface area contributed by atoms with E-state index < -0.39 is 0 Å². The van der Waals surface area contributed by atoms with E-state index in [0.29, 0.717) is 11.9 Å². The van der Waals surface area contributed by atoms with Crippen molar-refractivity contribution in [2.24, 2.45) is 0 Å². The fourth-order valence-corrected chi connectivity index (χ4v) is 2.38. The lowest BCUT2D eigenvalue weighted by Gasteiger charge is -2.27. The van der Waals surface area contributed by atoms with Crippen molar-refractivity contribution in [2.75, 3.05) is 35.6 Å². The number of nitrogen functional groups attached to an aromatic ring is 1. The van der Waals surface area contributed by atoms with Gasteiger partial charge in [0.1, 0.15) is 0 Å². The zero-order chi connectivity index (χ0) is 13.3. The Kier molecular flexibility index (Phi) is 3.14. The summed E-state index contributed by atoms with van der Waals surface area (Å²) in [4.78, 5) is 14.9. The molecule has 7 heteroatoms. The smallest absolute Gasteiger partial charge is 0.231 e. The van der Waals surface area contributed by atoms with Crippen LogP contribution in [0.25, 0.3) is 0 Å². The topological polar surface area (TPSA) is 100 Å². The van der Waals surface area contributed by atoms with Crippen molar-refractivity contribution in [1.82, 2.24) is 15.0 Å². The maximum Gasteiger partial charge on any atom is 0.231 e. The van der Waals surface area contributed by atoms with Gasteiger partial charge in [-0.25, -0.2) is 0 Å². The van der Waals surface area contributed by atoms with E-state index in [1.807, 2.05) is 0 Å². The number of piperidine rings is 1. The summed E-state index contributed by atoms with van der Waals surface area (Å²) >= 11 is 0. The molecule has 1 saturated carbocycles. The van der Waals surface area contributed by atoms with Crippen LogP contribution in [0.1, 0.15) is 32.1 Å². The van der Waals surface area contributed by atoms with Crippen LogP contribution in [0.3, 0.4) is 0 Å². The third-order valence-electron chi connectivity index (χ3n) is 3.81. The van der Waals surface area contributed by atoms with Crippen molar-refractivity contribution in [1.29, 1.82) is 0 Å². The molecule has 2 aliphatic rings. The molecule has 0 atom stereocenters. The lowest BCUT2D eigenvalue weighted by atomic mass is 10.1. The molecule has 1 aliphatic heterocycles. The number of aliphatic hydroxyl groups is 1. The number of nitrogens with two attached hydrogens (primary N) is 1. The first-order valence-electron chi connectivity index (χ1n) is 6.86. The van der Waals surface area contributed by atoms with E-state index in [4.69, 9.17) is 5.73 Å². The molecule has 1 aliphatic carbocycles. The Morgan fingerprint density at radius 3 is 2.53 bits per heavy atom. The highest BCUT2D eigenvalue weighted by molar-refractivity contribution is 5.44. The highest BCUT2D eigenvalue weighted by atomic mass is 16.3. The minimum Gasteiger partial charge on any atom is -0.394 e. The molecule has 1 saturated heterocycles. The highest BCUT2D eigenvalue weighted by Crippen LogP contribution is 2.37. The monoisotopic (exact) mass is 264 g/mol. The number of nitrogens with one attached hydrogen (secondary N) is 1. The number of aromatic nitrogens is 3. The van der Waals surface area contributed by atoms with Gasteiger partial charge in [-0.2, -0.15) is 15.0 Å². The third-order valence-corrected chi connectivity index (χ3v) is 3.81. The third kappa shape index (κ3) is 2.70. The van der Waals surface area contributed by atoms with Crippen LogP contribution < -0.4 is 16.0 Å². The summed E-state index contributed by atoms with van der Waals surface area (Å²) in [5.74, 6) is 1.34. The molecule has 1 aromatic rings. The Bertz CT molecular complexity index is 456. The quantitative estimate of drug-likeness (QED) is 0.722. The lowest BCUT2D eigenvalue weighted by Crippen LogP contribution is -2.32. The molecular formula is C12H20N6O. The minimum atomic E-state index is -0.243. The number of hydrogen-bond acceptors (Lipinski definition) is 7. The van der Waals surface area contributed by atoms with E-state index in [9.17, 15) is 5.11 Å². The normalized spacial score (nSPS) is 21.2. The maximum atomic E-state index is 9.33. The Balaban J connectivity index is 1.79. The minimum absolute atomic E-state index is 0.0949. The van der Waals surface area contributed by atoms with Crippen molar-refractivity contribution in [3.8, 4) is 0 Å². The zero-order valence-corrected chi connectivity index (χ0v) is 11.0. The number of nitrogens with zero attached hydrogens (tertiary/aromatic N) is 4. The largest absolute Gasteiger partial charge is 0.394 e. The van der Waals surface area contributed by atoms with Crippen LogP contribution in [-0.4, -0.2) is 45.3 Å². The first-order chi connectivity index (χ1) is 9.21. The number of anilines is 3. The zero-order valence-electron chi connectivity index (χ0n) is 11.0. The molecular weight excluding hydrogens is 244 g/mol. The summed E-state index contributed by atoms with van der Waals surface area (Å²) in [6, 6.07) is 0. The predicted octanol–water partition coefficient (Wildman–Crippen LogP) is 0.381. The highest BCUT2D eigenvalue weighted by Gasteiger charge is 2.42. The first-order valence-corrected chi connectivity index (χ1v) is 6.86. The van der Waals surface area contributed by atoms with E-state index in [0.717, 1.165) is 38.8 Å². The van der Waals surface area contributed by atoms with E-state index in [1.165, 1.54) is 6.42 Å². The van der Waals surface area contributed by atoms with Crippen LogP contribution in [0, 0.1) is 0 Å². The van der Waals surface area contributed by atoms with Crippen LogP contribution in [0.4, 0.5) is 17.8 Å². The summed E-state index contributed by atoms with van der Waals surface area (Å²) < 4.78 is 0. The first kappa shape index (κ1) is 12.4. The van der Waals surface area contributed by atoms with Gasteiger partial charge in [0.05, 0.1) is 12.1 Å². The molecule has 2 fully saturated rings. The molecule has 0 radical (unpaired) electrons. The molecule has 0 spiro atoms. The van der Waals surface area contributed by atoms with E-state index in [1.54, 1.807) is 0 Å². The summed E-state index contributed by atoms with van der Waals surface area (Å²) in [6.45, 7) is 2.03. The van der Waals surface area contributed by atoms with Gasteiger partial charge in [-0.05, 0) is 32.1 Å². The van der Waals surface area contributed by atoms with Crippen LogP contribution in [-0.2, 0) is 0 Å². The Labute approximate surface area is 112 Å². The second-order valence-corrected chi connectivity index (χ2v) is 5.43. The van der Waals surface area contributed by atoms with Gasteiger partial charge in [0.25, 0.3) is 0 Å². The molecule has 4 N–H and O–H groups in total. The van der Waals surface area contributed by atoms with E-state index >= 15 is 0 Å². The standard InChI is InChI=1S/C12H20N6O/c13-9-14-10(17-12(8-19)4-5-12)16-11(15-9)18-6-2-1-3-7-18/h19H,1-8H2,(H3,13,14,15,16,17). The van der Waals surface area contributed by atoms with Crippen molar-refractivity contribution >= 4 is 17.8 Å². The van der Waals surface area contributed by atoms with Gasteiger partial charge >= 0.3 is 0 Å². The summed E-state index contributed by atoms with van der Waals surface area (Å²) in [5.41, 5.74) is 5.51. The fourth-order valence-electron chi connectivity index (χ4n) is 2.38. The van der Waals surface area contributed by atoms with Gasteiger partial charge in [-0.1, -0.05) is 0 Å². The van der Waals surface area contributed by atoms with Crippen molar-refractivity contribution in [2.45, 2.75) is 37.6 Å². The molecule has 2 heterocycles. The Morgan fingerprint density at radius 1 is 1.16 bits per heavy atom. The second-order valence-electron chi connectivity index (χ2n) is 5.43. The second kappa shape index (κ2) is 4.80. The molecule has 1 aromatic heterocycles. The molecule has 19 heavy (non-hydrogen) atoms. The number of hydrogen-bond donors (Lipinski definition) is 3. The summed E-state index contributed by atoms with van der Waals surface area (Å²) in [7, 11) is 0. The predicted molar refractivity (Wildman–Crippen MR) is 73.0 cm³/mol. The SMILES string of the molecule is Nc1nc(NC2(CO)CC2)nc(N2CCCCC2)n1. The van der Waals surface area contributed by atoms with E-state index in [2.05, 4.69) is 25.2 Å². The average molecular weight is 264 g/mol. The van der Waals surface area contributed by atoms with Crippen LogP contribution >= 0.6 is 0 Å². The molecule has 3 rings (SSSR count). The van der Waals surface area contributed by atoms with Gasteiger partial charge in [-0.3, -0.25) is 0 Å². The van der Waals surface area contributed by atoms with E-state index in [-0.39, 0.29) is 18.1 Å². The van der Waals surface area contributed by atoms with Crippen molar-refractivity contribution in [3.05, 3.63) is 0 Å². The molecule has 0 unspecified atom stereocenters. The fraction of sp³-hybridized carbons (Fsp3) is 0.750. The summed E-state index contributed by atoms with van der Waals surface area (Å²) in [6.07, 6.45) is 5.46. The number of aliphatic hydroxyl groups excluding tert-OH is 1. The molecule has 7 nitrogen and oxygen atoms in total. The molecule has 0 bridgehead atoms. The van der Waals surface area contributed by atoms with Gasteiger partial charge in [0.15, 0.2) is 0 Å². The molecule has 0 amide bonds. The van der Waals surface area contributed by atoms with Gasteiger partial charge < -0.3 is 21.1 Å². The van der Waals surface area contributed by atoms with Crippen LogP contribution in [0.2, 0.25) is 0 Å². The Morgan fingerprint density at radius 2 is 1.89 bits per heavy atom. The van der Waals surface area contributed by atoms with Gasteiger partial charge in [-0.15, -0.1) is 0 Å². The average Bonchev–Trinajstić information content (AvgIpc) is 3.19.